The fraction of sp³-hybridized carbons (Fsp3) is 0.556. The highest BCUT2D eigenvalue weighted by Crippen LogP contribution is 2.27. The van der Waals surface area contributed by atoms with Gasteiger partial charge in [0, 0.05) is 31.1 Å². The van der Waals surface area contributed by atoms with E-state index in [1.807, 2.05) is 6.07 Å². The van der Waals surface area contributed by atoms with Gasteiger partial charge in [-0.25, -0.2) is 4.98 Å². The van der Waals surface area contributed by atoms with Crippen LogP contribution in [0.4, 0.5) is 11.8 Å². The van der Waals surface area contributed by atoms with Crippen molar-refractivity contribution in [2.24, 2.45) is 0 Å². The lowest BCUT2D eigenvalue weighted by molar-refractivity contribution is 0.391. The van der Waals surface area contributed by atoms with Crippen LogP contribution < -0.4 is 10.2 Å². The molecule has 0 spiro atoms. The standard InChI is InChI=1S/C18H27N5/c1-14(13-22(2)3)19-18-20-16-10-6-5-9-15(16)17(21-18)23-11-7-4-8-12-23/h5-6,9-10,14H,4,7-8,11-13H2,1-3H3,(H,19,20,21). The van der Waals surface area contributed by atoms with E-state index in [0.29, 0.717) is 6.04 Å². The second-order valence-corrected chi connectivity index (χ2v) is 6.74. The fourth-order valence-corrected chi connectivity index (χ4v) is 3.28. The summed E-state index contributed by atoms with van der Waals surface area (Å²) in [7, 11) is 4.16. The number of nitrogens with zero attached hydrogens (tertiary/aromatic N) is 4. The van der Waals surface area contributed by atoms with Crippen LogP contribution in [-0.2, 0) is 0 Å². The van der Waals surface area contributed by atoms with Crippen LogP contribution in [0.5, 0.6) is 0 Å². The lowest BCUT2D eigenvalue weighted by Gasteiger charge is -2.29. The number of fused-ring (bicyclic) bond motifs is 1. The Morgan fingerprint density at radius 3 is 2.61 bits per heavy atom. The summed E-state index contributed by atoms with van der Waals surface area (Å²) >= 11 is 0. The Bertz CT molecular complexity index is 649. The molecule has 1 aliphatic heterocycles. The molecule has 124 valence electrons. The van der Waals surface area contributed by atoms with Crippen LogP contribution in [0.1, 0.15) is 26.2 Å². The van der Waals surface area contributed by atoms with Gasteiger partial charge < -0.3 is 15.1 Å². The lowest BCUT2D eigenvalue weighted by atomic mass is 10.1. The molecule has 0 aliphatic carbocycles. The van der Waals surface area contributed by atoms with E-state index in [1.54, 1.807) is 0 Å². The average Bonchev–Trinajstić information content (AvgIpc) is 2.54. The number of hydrogen-bond donors (Lipinski definition) is 1. The molecule has 1 unspecified atom stereocenters. The first-order chi connectivity index (χ1) is 11.1. The Balaban J connectivity index is 1.93. The highest BCUT2D eigenvalue weighted by molar-refractivity contribution is 5.90. The van der Waals surface area contributed by atoms with Crippen molar-refractivity contribution in [2.45, 2.75) is 32.2 Å². The molecular formula is C18H27N5. The van der Waals surface area contributed by atoms with Gasteiger partial charge in [0.25, 0.3) is 0 Å². The monoisotopic (exact) mass is 313 g/mol. The number of nitrogens with one attached hydrogen (secondary N) is 1. The molecule has 3 rings (SSSR count). The van der Waals surface area contributed by atoms with Crippen LogP contribution >= 0.6 is 0 Å². The van der Waals surface area contributed by atoms with E-state index in [9.17, 15) is 0 Å². The molecule has 1 aromatic carbocycles. The molecule has 0 saturated carbocycles. The molecule has 0 radical (unpaired) electrons. The summed E-state index contributed by atoms with van der Waals surface area (Å²) in [5, 5.41) is 4.61. The van der Waals surface area contributed by atoms with Gasteiger partial charge in [0.1, 0.15) is 5.82 Å². The molecule has 1 aromatic heterocycles. The summed E-state index contributed by atoms with van der Waals surface area (Å²) in [6.45, 7) is 5.30. The van der Waals surface area contributed by atoms with Crippen molar-refractivity contribution in [2.75, 3.05) is 43.9 Å². The third kappa shape index (κ3) is 3.91. The van der Waals surface area contributed by atoms with E-state index in [2.05, 4.69) is 54.3 Å². The van der Waals surface area contributed by atoms with Gasteiger partial charge in [-0.3, -0.25) is 0 Å². The summed E-state index contributed by atoms with van der Waals surface area (Å²) in [6, 6.07) is 8.63. The molecule has 23 heavy (non-hydrogen) atoms. The highest BCUT2D eigenvalue weighted by Gasteiger charge is 2.17. The zero-order valence-corrected chi connectivity index (χ0v) is 14.4. The topological polar surface area (TPSA) is 44.3 Å². The largest absolute Gasteiger partial charge is 0.356 e. The highest BCUT2D eigenvalue weighted by atomic mass is 15.2. The van der Waals surface area contributed by atoms with E-state index in [0.717, 1.165) is 42.3 Å². The first-order valence-electron chi connectivity index (χ1n) is 8.56. The molecule has 1 saturated heterocycles. The van der Waals surface area contributed by atoms with Crippen molar-refractivity contribution in [3.8, 4) is 0 Å². The number of benzene rings is 1. The van der Waals surface area contributed by atoms with E-state index in [-0.39, 0.29) is 0 Å². The second-order valence-electron chi connectivity index (χ2n) is 6.74. The van der Waals surface area contributed by atoms with E-state index in [4.69, 9.17) is 9.97 Å². The number of likely N-dealkylation sites (N-methyl/N-ethyl adjacent to an activating group) is 1. The molecule has 0 amide bonds. The smallest absolute Gasteiger partial charge is 0.225 e. The third-order valence-corrected chi connectivity index (χ3v) is 4.25. The lowest BCUT2D eigenvalue weighted by Crippen LogP contribution is -2.32. The van der Waals surface area contributed by atoms with E-state index < -0.39 is 0 Å². The van der Waals surface area contributed by atoms with Crippen molar-refractivity contribution in [3.63, 3.8) is 0 Å². The van der Waals surface area contributed by atoms with Gasteiger partial charge in [0.15, 0.2) is 0 Å². The minimum Gasteiger partial charge on any atom is -0.356 e. The molecule has 5 heteroatoms. The van der Waals surface area contributed by atoms with E-state index in [1.165, 1.54) is 19.3 Å². The third-order valence-electron chi connectivity index (χ3n) is 4.25. The maximum atomic E-state index is 4.86. The first-order valence-corrected chi connectivity index (χ1v) is 8.56. The molecule has 0 bridgehead atoms. The van der Waals surface area contributed by atoms with Gasteiger partial charge in [-0.2, -0.15) is 4.98 Å². The number of piperidine rings is 1. The summed E-state index contributed by atoms with van der Waals surface area (Å²) in [4.78, 5) is 14.2. The van der Waals surface area contributed by atoms with Crippen LogP contribution in [0.15, 0.2) is 24.3 Å². The number of rotatable bonds is 5. The number of aromatic nitrogens is 2. The van der Waals surface area contributed by atoms with Crippen molar-refractivity contribution >= 4 is 22.7 Å². The van der Waals surface area contributed by atoms with E-state index >= 15 is 0 Å². The SMILES string of the molecule is CC(CN(C)C)Nc1nc(N2CCCCC2)c2ccccc2n1. The molecular weight excluding hydrogens is 286 g/mol. The number of hydrogen-bond acceptors (Lipinski definition) is 5. The summed E-state index contributed by atoms with van der Waals surface area (Å²) < 4.78 is 0. The predicted octanol–water partition coefficient (Wildman–Crippen LogP) is 2.98. The average molecular weight is 313 g/mol. The van der Waals surface area contributed by atoms with Crippen molar-refractivity contribution in [3.05, 3.63) is 24.3 Å². The molecule has 2 aromatic rings. The van der Waals surface area contributed by atoms with Gasteiger partial charge in [0.05, 0.1) is 5.52 Å². The predicted molar refractivity (Wildman–Crippen MR) is 97.2 cm³/mol. The van der Waals surface area contributed by atoms with Crippen molar-refractivity contribution < 1.29 is 0 Å². The van der Waals surface area contributed by atoms with Gasteiger partial charge in [0.2, 0.25) is 5.95 Å². The van der Waals surface area contributed by atoms with Crippen LogP contribution in [0.3, 0.4) is 0 Å². The molecule has 2 heterocycles. The quantitative estimate of drug-likeness (QED) is 0.919. The Hall–Kier alpha value is -1.88. The Kier molecular flexibility index (Phi) is 4.96. The maximum Gasteiger partial charge on any atom is 0.225 e. The fourth-order valence-electron chi connectivity index (χ4n) is 3.28. The Morgan fingerprint density at radius 2 is 1.87 bits per heavy atom. The van der Waals surface area contributed by atoms with Crippen LogP contribution in [0.25, 0.3) is 10.9 Å². The molecule has 1 atom stereocenters. The number of anilines is 2. The Labute approximate surface area is 138 Å². The minimum absolute atomic E-state index is 0.306. The van der Waals surface area contributed by atoms with Gasteiger partial charge in [-0.15, -0.1) is 0 Å². The van der Waals surface area contributed by atoms with Gasteiger partial charge in [-0.05, 0) is 52.4 Å². The molecule has 1 N–H and O–H groups in total. The van der Waals surface area contributed by atoms with Crippen molar-refractivity contribution in [1.82, 2.24) is 14.9 Å². The molecule has 1 aliphatic rings. The first kappa shape index (κ1) is 16.0. The van der Waals surface area contributed by atoms with Crippen LogP contribution in [-0.4, -0.2) is 54.6 Å². The molecule has 5 nitrogen and oxygen atoms in total. The van der Waals surface area contributed by atoms with Gasteiger partial charge >= 0.3 is 0 Å². The number of para-hydroxylation sites is 1. The maximum absolute atomic E-state index is 4.86. The van der Waals surface area contributed by atoms with Gasteiger partial charge in [-0.1, -0.05) is 12.1 Å². The Morgan fingerprint density at radius 1 is 1.13 bits per heavy atom. The van der Waals surface area contributed by atoms with Crippen molar-refractivity contribution in [1.29, 1.82) is 0 Å². The summed E-state index contributed by atoms with van der Waals surface area (Å²) in [5.74, 6) is 1.81. The summed E-state index contributed by atoms with van der Waals surface area (Å²) in [5.41, 5.74) is 1.02. The second kappa shape index (κ2) is 7.13. The zero-order valence-electron chi connectivity index (χ0n) is 14.4. The summed E-state index contributed by atoms with van der Waals surface area (Å²) in [6.07, 6.45) is 3.82. The van der Waals surface area contributed by atoms with Crippen LogP contribution in [0.2, 0.25) is 0 Å². The minimum atomic E-state index is 0.306. The normalized spacial score (nSPS) is 16.8. The molecule has 1 fully saturated rings. The van der Waals surface area contributed by atoms with Crippen LogP contribution in [0, 0.1) is 0 Å². The zero-order chi connectivity index (χ0) is 16.2.